The Labute approximate surface area is 227 Å². The number of pyridine rings is 1. The SMILES string of the molecule is Cc1cc(C(F)(F)F)cc2c3c(N)ncnc3n(CC(=O)N3C[C@](C)(F)C[C@H]3C(=O)Nc3cccc(Br)n3)c12. The lowest BCUT2D eigenvalue weighted by Crippen LogP contribution is -2.44. The fraction of sp³-hybridized carbons (Fsp3) is 0.320. The lowest BCUT2D eigenvalue weighted by molar-refractivity contribution is -0.137. The van der Waals surface area contributed by atoms with Gasteiger partial charge in [0.2, 0.25) is 11.8 Å². The van der Waals surface area contributed by atoms with Crippen molar-refractivity contribution in [1.29, 1.82) is 0 Å². The van der Waals surface area contributed by atoms with E-state index in [4.69, 9.17) is 5.73 Å². The number of amides is 2. The summed E-state index contributed by atoms with van der Waals surface area (Å²) in [4.78, 5) is 40.1. The van der Waals surface area contributed by atoms with E-state index < -0.39 is 41.8 Å². The van der Waals surface area contributed by atoms with E-state index in [0.29, 0.717) is 10.1 Å². The molecule has 204 valence electrons. The number of halogens is 5. The minimum atomic E-state index is -4.61. The van der Waals surface area contributed by atoms with Crippen LogP contribution in [0.2, 0.25) is 0 Å². The van der Waals surface area contributed by atoms with Gasteiger partial charge in [0.05, 0.1) is 23.0 Å². The average Bonchev–Trinajstić information content (AvgIpc) is 3.34. The second-order valence-corrected chi connectivity index (χ2v) is 10.5. The Morgan fingerprint density at radius 3 is 2.69 bits per heavy atom. The van der Waals surface area contributed by atoms with Gasteiger partial charge in [0.1, 0.15) is 46.5 Å². The maximum atomic E-state index is 15.1. The molecule has 3 N–H and O–H groups in total. The number of aryl methyl sites for hydroxylation is 1. The Hall–Kier alpha value is -3.81. The molecular weight excluding hydrogens is 586 g/mol. The van der Waals surface area contributed by atoms with Crippen LogP contribution in [-0.2, 0) is 22.3 Å². The Bertz CT molecular complexity index is 1640. The number of benzene rings is 1. The molecule has 1 aromatic carbocycles. The predicted molar refractivity (Wildman–Crippen MR) is 139 cm³/mol. The van der Waals surface area contributed by atoms with Crippen molar-refractivity contribution >= 4 is 61.3 Å². The Balaban J connectivity index is 1.54. The summed E-state index contributed by atoms with van der Waals surface area (Å²) in [5.41, 5.74) is 3.99. The lowest BCUT2D eigenvalue weighted by Gasteiger charge is -2.24. The summed E-state index contributed by atoms with van der Waals surface area (Å²) in [6.07, 6.45) is -3.71. The average molecular weight is 608 g/mol. The van der Waals surface area contributed by atoms with E-state index in [2.05, 4.69) is 36.2 Å². The Kier molecular flexibility index (Phi) is 6.48. The van der Waals surface area contributed by atoms with Crippen molar-refractivity contribution in [1.82, 2.24) is 24.4 Å². The highest BCUT2D eigenvalue weighted by Gasteiger charge is 2.47. The predicted octanol–water partition coefficient (Wildman–Crippen LogP) is 4.62. The first-order valence-corrected chi connectivity index (χ1v) is 12.6. The fourth-order valence-corrected chi connectivity index (χ4v) is 5.40. The quantitative estimate of drug-likeness (QED) is 0.258. The number of nitrogens with zero attached hydrogens (tertiary/aromatic N) is 5. The van der Waals surface area contributed by atoms with Gasteiger partial charge in [0.15, 0.2) is 0 Å². The molecular formula is C25H22BrF4N7O2. The first-order chi connectivity index (χ1) is 18.2. The zero-order valence-electron chi connectivity index (χ0n) is 20.7. The third-order valence-electron chi connectivity index (χ3n) is 6.66. The van der Waals surface area contributed by atoms with E-state index in [9.17, 15) is 22.8 Å². The van der Waals surface area contributed by atoms with Crippen LogP contribution in [0.5, 0.6) is 0 Å². The summed E-state index contributed by atoms with van der Waals surface area (Å²) in [6, 6.07) is 5.66. The molecule has 9 nitrogen and oxygen atoms in total. The molecule has 4 aromatic rings. The molecule has 2 amide bonds. The summed E-state index contributed by atoms with van der Waals surface area (Å²) in [6.45, 7) is 2.02. The van der Waals surface area contributed by atoms with Crippen LogP contribution < -0.4 is 11.1 Å². The number of fused-ring (bicyclic) bond motifs is 3. The number of hydrogen-bond donors (Lipinski definition) is 2. The van der Waals surface area contributed by atoms with E-state index in [1.54, 1.807) is 18.2 Å². The molecule has 1 fully saturated rings. The highest BCUT2D eigenvalue weighted by molar-refractivity contribution is 9.10. The maximum Gasteiger partial charge on any atom is 0.416 e. The van der Waals surface area contributed by atoms with Gasteiger partial charge in [-0.2, -0.15) is 13.2 Å². The molecule has 0 spiro atoms. The number of rotatable bonds is 4. The van der Waals surface area contributed by atoms with Crippen molar-refractivity contribution in [2.75, 3.05) is 17.6 Å². The third-order valence-corrected chi connectivity index (χ3v) is 7.10. The number of aromatic nitrogens is 4. The first kappa shape index (κ1) is 26.8. The number of nitrogens with one attached hydrogen (secondary N) is 1. The van der Waals surface area contributed by atoms with Crippen LogP contribution in [0, 0.1) is 6.92 Å². The fourth-order valence-electron chi connectivity index (χ4n) is 5.06. The van der Waals surface area contributed by atoms with Crippen LogP contribution >= 0.6 is 15.9 Å². The summed E-state index contributed by atoms with van der Waals surface area (Å²) in [5, 5.41) is 2.91. The number of hydrogen-bond acceptors (Lipinski definition) is 6. The number of carbonyl (C=O) groups is 2. The van der Waals surface area contributed by atoms with Gasteiger partial charge >= 0.3 is 6.18 Å². The van der Waals surface area contributed by atoms with Crippen molar-refractivity contribution in [2.45, 2.75) is 44.7 Å². The van der Waals surface area contributed by atoms with E-state index in [1.165, 1.54) is 18.4 Å². The summed E-state index contributed by atoms with van der Waals surface area (Å²) < 4.78 is 57.8. The van der Waals surface area contributed by atoms with Gasteiger partial charge in [0, 0.05) is 11.8 Å². The summed E-state index contributed by atoms with van der Waals surface area (Å²) >= 11 is 3.22. The normalized spacial score (nSPS) is 19.7. The number of likely N-dealkylation sites (tertiary alicyclic amines) is 1. The van der Waals surface area contributed by atoms with Gasteiger partial charge in [-0.3, -0.25) is 9.59 Å². The van der Waals surface area contributed by atoms with Gasteiger partial charge in [0.25, 0.3) is 0 Å². The molecule has 1 saturated heterocycles. The van der Waals surface area contributed by atoms with Crippen molar-refractivity contribution < 1.29 is 27.2 Å². The van der Waals surface area contributed by atoms with Crippen molar-refractivity contribution in [3.8, 4) is 0 Å². The molecule has 4 heterocycles. The lowest BCUT2D eigenvalue weighted by atomic mass is 10.0. The molecule has 0 saturated carbocycles. The molecule has 5 rings (SSSR count). The summed E-state index contributed by atoms with van der Waals surface area (Å²) in [7, 11) is 0. The van der Waals surface area contributed by atoms with Crippen LogP contribution in [0.25, 0.3) is 21.9 Å². The minimum Gasteiger partial charge on any atom is -0.383 e. The van der Waals surface area contributed by atoms with Crippen molar-refractivity contribution in [3.63, 3.8) is 0 Å². The van der Waals surface area contributed by atoms with Crippen LogP contribution in [0.15, 0.2) is 41.3 Å². The Morgan fingerprint density at radius 1 is 1.26 bits per heavy atom. The van der Waals surface area contributed by atoms with Crippen molar-refractivity contribution in [2.24, 2.45) is 0 Å². The van der Waals surface area contributed by atoms with Gasteiger partial charge in [-0.25, -0.2) is 19.3 Å². The molecule has 1 aliphatic rings. The molecule has 1 aliphatic heterocycles. The molecule has 3 aromatic heterocycles. The molecule has 0 radical (unpaired) electrons. The second-order valence-electron chi connectivity index (χ2n) is 9.72. The van der Waals surface area contributed by atoms with Crippen LogP contribution in [-0.4, -0.2) is 54.5 Å². The standard InChI is InChI=1S/C25H22BrF4N7O2/c1-12-6-13(25(28,29)30)7-14-19-21(31)32-11-33-22(19)36(20(12)14)9-18(38)37-10-24(2,27)8-15(37)23(39)35-17-5-3-4-16(26)34-17/h3-7,11,15H,8-10H2,1-2H3,(H2,31,32,33)(H,34,35,39)/t15-,24+/m0/s1. The van der Waals surface area contributed by atoms with E-state index >= 15 is 4.39 Å². The maximum absolute atomic E-state index is 15.1. The third kappa shape index (κ3) is 5.00. The van der Waals surface area contributed by atoms with E-state index in [1.807, 2.05) is 0 Å². The molecule has 0 bridgehead atoms. The van der Waals surface area contributed by atoms with Gasteiger partial charge in [-0.1, -0.05) is 6.07 Å². The number of alkyl halides is 4. The number of carbonyl (C=O) groups excluding carboxylic acids is 2. The molecule has 2 atom stereocenters. The highest BCUT2D eigenvalue weighted by Crippen LogP contribution is 2.39. The van der Waals surface area contributed by atoms with E-state index in [0.717, 1.165) is 23.4 Å². The largest absolute Gasteiger partial charge is 0.416 e. The molecule has 0 aliphatic carbocycles. The second kappa shape index (κ2) is 9.43. The van der Waals surface area contributed by atoms with E-state index in [-0.39, 0.29) is 46.6 Å². The van der Waals surface area contributed by atoms with Crippen LogP contribution in [0.4, 0.5) is 29.2 Å². The monoisotopic (exact) mass is 607 g/mol. The number of anilines is 2. The smallest absolute Gasteiger partial charge is 0.383 e. The summed E-state index contributed by atoms with van der Waals surface area (Å²) in [5.74, 6) is -1.06. The number of nitrogens with two attached hydrogens (primary N) is 1. The van der Waals surface area contributed by atoms with Crippen molar-refractivity contribution in [3.05, 3.63) is 52.4 Å². The number of nitrogen functional groups attached to an aromatic ring is 1. The topological polar surface area (TPSA) is 119 Å². The molecule has 0 unspecified atom stereocenters. The van der Waals surface area contributed by atoms with Gasteiger partial charge in [-0.15, -0.1) is 0 Å². The Morgan fingerprint density at radius 2 is 2.00 bits per heavy atom. The molecule has 14 heteroatoms. The highest BCUT2D eigenvalue weighted by atomic mass is 79.9. The van der Waals surface area contributed by atoms with Gasteiger partial charge in [-0.05, 0) is 59.6 Å². The van der Waals surface area contributed by atoms with Crippen LogP contribution in [0.3, 0.4) is 0 Å². The van der Waals surface area contributed by atoms with Gasteiger partial charge < -0.3 is 20.5 Å². The molecule has 39 heavy (non-hydrogen) atoms. The van der Waals surface area contributed by atoms with Crippen LogP contribution in [0.1, 0.15) is 24.5 Å². The zero-order valence-corrected chi connectivity index (χ0v) is 22.3. The zero-order chi connectivity index (χ0) is 28.3. The first-order valence-electron chi connectivity index (χ1n) is 11.8. The minimum absolute atomic E-state index is 0.0498.